The van der Waals surface area contributed by atoms with E-state index in [0.29, 0.717) is 18.0 Å². The Hall–Kier alpha value is -1.46. The van der Waals surface area contributed by atoms with Crippen LogP contribution in [0, 0.1) is 5.41 Å². The Morgan fingerprint density at radius 3 is 2.52 bits per heavy atom. The largest absolute Gasteiger partial charge is 0.507 e. The molecule has 0 unspecified atom stereocenters. The maximum atomic E-state index is 10.0. The van der Waals surface area contributed by atoms with E-state index in [9.17, 15) is 10.2 Å². The van der Waals surface area contributed by atoms with Gasteiger partial charge in [0, 0.05) is 36.7 Å². The molecule has 1 saturated carbocycles. The fourth-order valence-corrected chi connectivity index (χ4v) is 3.27. The Morgan fingerprint density at radius 1 is 1.10 bits per heavy atom. The number of aliphatic hydroxyl groups is 1. The molecule has 5 nitrogen and oxygen atoms in total. The lowest BCUT2D eigenvalue weighted by atomic mass is 9.74. The molecular formula is C16H23NO4. The highest BCUT2D eigenvalue weighted by Gasteiger charge is 2.30. The van der Waals surface area contributed by atoms with E-state index in [2.05, 4.69) is 5.32 Å². The van der Waals surface area contributed by atoms with Crippen molar-refractivity contribution in [2.24, 2.45) is 5.41 Å². The summed E-state index contributed by atoms with van der Waals surface area (Å²) in [5, 5.41) is 23.1. The van der Waals surface area contributed by atoms with Gasteiger partial charge in [-0.15, -0.1) is 0 Å². The van der Waals surface area contributed by atoms with Gasteiger partial charge in [0.15, 0.2) is 11.5 Å². The number of phenols is 1. The minimum absolute atomic E-state index is 0.00417. The molecule has 3 N–H and O–H groups in total. The van der Waals surface area contributed by atoms with Gasteiger partial charge in [0.05, 0.1) is 0 Å². The number of nitrogens with one attached hydrogen (secondary N) is 1. The van der Waals surface area contributed by atoms with Crippen molar-refractivity contribution < 1.29 is 19.7 Å². The highest BCUT2D eigenvalue weighted by molar-refractivity contribution is 5.51. The summed E-state index contributed by atoms with van der Waals surface area (Å²) in [7, 11) is 0. The molecule has 0 spiro atoms. The molecule has 5 heteroatoms. The van der Waals surface area contributed by atoms with Crippen LogP contribution < -0.4 is 14.8 Å². The molecule has 0 bridgehead atoms. The third-order valence-corrected chi connectivity index (χ3v) is 4.64. The van der Waals surface area contributed by atoms with Crippen molar-refractivity contribution in [1.29, 1.82) is 0 Å². The first kappa shape index (κ1) is 14.5. The van der Waals surface area contributed by atoms with E-state index in [1.54, 1.807) is 6.07 Å². The van der Waals surface area contributed by atoms with Gasteiger partial charge >= 0.3 is 0 Å². The van der Waals surface area contributed by atoms with Gasteiger partial charge in [0.25, 0.3) is 0 Å². The van der Waals surface area contributed by atoms with E-state index in [0.717, 1.165) is 24.9 Å². The quantitative estimate of drug-likeness (QED) is 0.776. The molecule has 1 aliphatic carbocycles. The van der Waals surface area contributed by atoms with Crippen molar-refractivity contribution >= 4 is 0 Å². The van der Waals surface area contributed by atoms with Gasteiger partial charge in [-0.2, -0.15) is 0 Å². The number of phenolic OH excluding ortho intramolecular Hbond substituents is 1. The van der Waals surface area contributed by atoms with E-state index < -0.39 is 0 Å². The third kappa shape index (κ3) is 3.09. The molecule has 116 valence electrons. The lowest BCUT2D eigenvalue weighted by Crippen LogP contribution is -2.38. The van der Waals surface area contributed by atoms with Crippen LogP contribution in [0.25, 0.3) is 0 Å². The Labute approximate surface area is 124 Å². The zero-order valence-electron chi connectivity index (χ0n) is 12.2. The first-order valence-electron chi connectivity index (χ1n) is 7.66. The van der Waals surface area contributed by atoms with Crippen molar-refractivity contribution in [1.82, 2.24) is 5.32 Å². The SMILES string of the molecule is OCC1(CNCc2cc3c(cc2O)OCO3)CCCCC1. The van der Waals surface area contributed by atoms with Crippen LogP contribution in [0.15, 0.2) is 12.1 Å². The topological polar surface area (TPSA) is 71.0 Å². The van der Waals surface area contributed by atoms with Gasteiger partial charge in [0.1, 0.15) is 5.75 Å². The average molecular weight is 293 g/mol. The summed E-state index contributed by atoms with van der Waals surface area (Å²) in [6.45, 7) is 1.77. The third-order valence-electron chi connectivity index (χ3n) is 4.64. The Morgan fingerprint density at radius 2 is 1.81 bits per heavy atom. The smallest absolute Gasteiger partial charge is 0.231 e. The van der Waals surface area contributed by atoms with Crippen molar-refractivity contribution in [3.05, 3.63) is 17.7 Å². The summed E-state index contributed by atoms with van der Waals surface area (Å²) >= 11 is 0. The lowest BCUT2D eigenvalue weighted by Gasteiger charge is -2.35. The minimum atomic E-state index is 0.00417. The van der Waals surface area contributed by atoms with E-state index >= 15 is 0 Å². The van der Waals surface area contributed by atoms with Crippen molar-refractivity contribution in [2.75, 3.05) is 19.9 Å². The normalized spacial score (nSPS) is 19.7. The number of hydrogen-bond acceptors (Lipinski definition) is 5. The van der Waals surface area contributed by atoms with Gasteiger partial charge in [-0.05, 0) is 18.9 Å². The molecule has 1 heterocycles. The number of aliphatic hydroxyl groups excluding tert-OH is 1. The van der Waals surface area contributed by atoms with Crippen LogP contribution in [-0.4, -0.2) is 30.2 Å². The molecule has 1 aromatic carbocycles. The maximum absolute atomic E-state index is 10.0. The first-order chi connectivity index (χ1) is 10.2. The number of rotatable bonds is 5. The Balaban J connectivity index is 1.60. The van der Waals surface area contributed by atoms with E-state index in [-0.39, 0.29) is 24.6 Å². The van der Waals surface area contributed by atoms with Gasteiger partial charge in [-0.3, -0.25) is 0 Å². The van der Waals surface area contributed by atoms with Crippen LogP contribution >= 0.6 is 0 Å². The molecule has 1 fully saturated rings. The molecule has 0 radical (unpaired) electrons. The second kappa shape index (κ2) is 6.12. The summed E-state index contributed by atoms with van der Waals surface area (Å²) in [6, 6.07) is 3.42. The second-order valence-corrected chi connectivity index (χ2v) is 6.16. The van der Waals surface area contributed by atoms with Gasteiger partial charge in [0.2, 0.25) is 6.79 Å². The fraction of sp³-hybridized carbons (Fsp3) is 0.625. The zero-order chi connectivity index (χ0) is 14.7. The molecule has 0 amide bonds. The fourth-order valence-electron chi connectivity index (χ4n) is 3.27. The molecular weight excluding hydrogens is 270 g/mol. The molecule has 0 saturated heterocycles. The van der Waals surface area contributed by atoms with Crippen molar-refractivity contribution in [3.8, 4) is 17.2 Å². The van der Waals surface area contributed by atoms with Gasteiger partial charge in [-0.1, -0.05) is 19.3 Å². The predicted octanol–water partition coefficient (Wildman–Crippen LogP) is 2.15. The van der Waals surface area contributed by atoms with Gasteiger partial charge < -0.3 is 25.0 Å². The average Bonchev–Trinajstić information content (AvgIpc) is 2.95. The minimum Gasteiger partial charge on any atom is -0.507 e. The summed E-state index contributed by atoms with van der Waals surface area (Å²) < 4.78 is 10.6. The first-order valence-corrected chi connectivity index (χ1v) is 7.66. The predicted molar refractivity (Wildman–Crippen MR) is 78.5 cm³/mol. The molecule has 2 aliphatic rings. The van der Waals surface area contributed by atoms with E-state index in [4.69, 9.17) is 9.47 Å². The summed E-state index contributed by atoms with van der Waals surface area (Å²) in [6.07, 6.45) is 5.80. The van der Waals surface area contributed by atoms with Crippen LogP contribution in [0.5, 0.6) is 17.2 Å². The molecule has 0 atom stereocenters. The summed E-state index contributed by atoms with van der Waals surface area (Å²) in [5.41, 5.74) is 0.799. The second-order valence-electron chi connectivity index (χ2n) is 6.16. The van der Waals surface area contributed by atoms with Crippen LogP contribution in [0.1, 0.15) is 37.7 Å². The maximum Gasteiger partial charge on any atom is 0.231 e. The van der Waals surface area contributed by atoms with Crippen LogP contribution in [-0.2, 0) is 6.54 Å². The molecule has 1 aromatic rings. The highest BCUT2D eigenvalue weighted by atomic mass is 16.7. The Kier molecular flexibility index (Phi) is 4.22. The number of benzene rings is 1. The molecule has 1 aliphatic heterocycles. The number of hydrogen-bond donors (Lipinski definition) is 3. The molecule has 3 rings (SSSR count). The monoisotopic (exact) mass is 293 g/mol. The Bertz CT molecular complexity index is 497. The van der Waals surface area contributed by atoms with Crippen molar-refractivity contribution in [3.63, 3.8) is 0 Å². The molecule has 21 heavy (non-hydrogen) atoms. The van der Waals surface area contributed by atoms with E-state index in [1.807, 2.05) is 6.07 Å². The number of fused-ring (bicyclic) bond motifs is 1. The zero-order valence-corrected chi connectivity index (χ0v) is 12.2. The number of ether oxygens (including phenoxy) is 2. The van der Waals surface area contributed by atoms with Crippen molar-refractivity contribution in [2.45, 2.75) is 38.6 Å². The van der Waals surface area contributed by atoms with Crippen LogP contribution in [0.4, 0.5) is 0 Å². The summed E-state index contributed by atoms with van der Waals surface area (Å²) in [4.78, 5) is 0. The summed E-state index contributed by atoms with van der Waals surface area (Å²) in [5.74, 6) is 1.49. The van der Waals surface area contributed by atoms with Crippen LogP contribution in [0.3, 0.4) is 0 Å². The van der Waals surface area contributed by atoms with Crippen LogP contribution in [0.2, 0.25) is 0 Å². The lowest BCUT2D eigenvalue weighted by molar-refractivity contribution is 0.0810. The molecule has 0 aromatic heterocycles. The standard InChI is InChI=1S/C16H23NO4/c18-10-16(4-2-1-3-5-16)9-17-8-12-6-14-15(7-13(12)19)21-11-20-14/h6-7,17-19H,1-5,8-11H2. The van der Waals surface area contributed by atoms with Gasteiger partial charge in [-0.25, -0.2) is 0 Å². The van der Waals surface area contributed by atoms with E-state index in [1.165, 1.54) is 19.3 Å². The number of aromatic hydroxyl groups is 1. The highest BCUT2D eigenvalue weighted by Crippen LogP contribution is 2.38.